The molecule has 2 aliphatic rings. The molecule has 2 amide bonds. The van der Waals surface area contributed by atoms with E-state index in [1.807, 2.05) is 4.90 Å². The number of fused-ring (bicyclic) bond motifs is 2. The molecule has 10 heteroatoms. The summed E-state index contributed by atoms with van der Waals surface area (Å²) in [6.07, 6.45) is -4.50. The van der Waals surface area contributed by atoms with Gasteiger partial charge in [0, 0.05) is 31.9 Å². The van der Waals surface area contributed by atoms with Gasteiger partial charge >= 0.3 is 12.2 Å². The summed E-state index contributed by atoms with van der Waals surface area (Å²) in [5, 5.41) is 2.75. The first kappa shape index (κ1) is 22.7. The van der Waals surface area contributed by atoms with Gasteiger partial charge in [0.25, 0.3) is 0 Å². The van der Waals surface area contributed by atoms with Crippen LogP contribution in [0.4, 0.5) is 33.7 Å². The van der Waals surface area contributed by atoms with E-state index in [2.05, 4.69) is 10.3 Å². The quantitative estimate of drug-likeness (QED) is 0.439. The number of halogens is 4. The Kier molecular flexibility index (Phi) is 5.80. The van der Waals surface area contributed by atoms with Crippen molar-refractivity contribution in [3.05, 3.63) is 83.7 Å². The highest BCUT2D eigenvalue weighted by atomic mass is 19.4. The van der Waals surface area contributed by atoms with Crippen LogP contribution in [-0.2, 0) is 6.18 Å². The Bertz CT molecular complexity index is 1280. The third kappa shape index (κ3) is 4.77. The number of nitrogens with zero attached hydrogens (tertiary/aromatic N) is 3. The van der Waals surface area contributed by atoms with E-state index >= 15 is 0 Å². The summed E-state index contributed by atoms with van der Waals surface area (Å²) < 4.78 is 58.6. The van der Waals surface area contributed by atoms with Crippen LogP contribution in [0.1, 0.15) is 11.1 Å². The van der Waals surface area contributed by atoms with E-state index in [9.17, 15) is 22.4 Å². The van der Waals surface area contributed by atoms with Gasteiger partial charge in [0.15, 0.2) is 5.75 Å². The lowest BCUT2D eigenvalue weighted by Crippen LogP contribution is -2.51. The number of amidine groups is 1. The van der Waals surface area contributed by atoms with Crippen molar-refractivity contribution in [3.63, 3.8) is 0 Å². The molecule has 1 fully saturated rings. The van der Waals surface area contributed by atoms with E-state index in [1.165, 1.54) is 30.3 Å². The highest BCUT2D eigenvalue weighted by Gasteiger charge is 2.33. The molecule has 180 valence electrons. The van der Waals surface area contributed by atoms with Gasteiger partial charge in [-0.1, -0.05) is 12.1 Å². The highest BCUT2D eigenvalue weighted by molar-refractivity contribution is 6.04. The minimum atomic E-state index is -4.50. The lowest BCUT2D eigenvalue weighted by atomic mass is 10.1. The fraction of sp³-hybridized carbons (Fsp3) is 0.200. The first-order valence-corrected chi connectivity index (χ1v) is 10.9. The average molecular weight is 484 g/mol. The molecule has 6 nitrogen and oxygen atoms in total. The number of hydrogen-bond acceptors (Lipinski definition) is 4. The summed E-state index contributed by atoms with van der Waals surface area (Å²) in [6, 6.07) is 15.5. The van der Waals surface area contributed by atoms with E-state index in [4.69, 9.17) is 4.74 Å². The van der Waals surface area contributed by atoms with Gasteiger partial charge in [0.05, 0.1) is 11.1 Å². The van der Waals surface area contributed by atoms with E-state index in [0.717, 1.165) is 12.1 Å². The van der Waals surface area contributed by atoms with Gasteiger partial charge in [-0.15, -0.1) is 0 Å². The molecule has 0 aromatic heterocycles. The molecule has 3 aromatic rings. The number of hydrogen-bond donors (Lipinski definition) is 1. The lowest BCUT2D eigenvalue weighted by Gasteiger charge is -2.36. The fourth-order valence-electron chi connectivity index (χ4n) is 4.00. The van der Waals surface area contributed by atoms with Crippen LogP contribution < -0.4 is 10.1 Å². The Labute approximate surface area is 198 Å². The Morgan fingerprint density at radius 1 is 0.914 bits per heavy atom. The molecule has 3 aromatic carbocycles. The number of alkyl halides is 3. The number of carbonyl (C=O) groups excluding carboxylic acids is 1. The van der Waals surface area contributed by atoms with Crippen molar-refractivity contribution in [2.24, 2.45) is 4.99 Å². The molecule has 0 bridgehead atoms. The predicted octanol–water partition coefficient (Wildman–Crippen LogP) is 5.88. The normalized spacial score (nSPS) is 15.4. The number of aliphatic imine (C=N–C) groups is 1. The second-order valence-corrected chi connectivity index (χ2v) is 8.13. The molecule has 1 saturated heterocycles. The van der Waals surface area contributed by atoms with Gasteiger partial charge < -0.3 is 19.9 Å². The van der Waals surface area contributed by atoms with Crippen molar-refractivity contribution in [3.8, 4) is 11.5 Å². The van der Waals surface area contributed by atoms with Crippen LogP contribution in [0.3, 0.4) is 0 Å². The number of carbonyl (C=O) groups is 1. The van der Waals surface area contributed by atoms with Gasteiger partial charge in [-0.2, -0.15) is 13.2 Å². The van der Waals surface area contributed by atoms with Crippen LogP contribution in [0, 0.1) is 5.82 Å². The molecule has 0 radical (unpaired) electrons. The molecule has 0 atom stereocenters. The van der Waals surface area contributed by atoms with Crippen LogP contribution in [0.25, 0.3) is 0 Å². The maximum Gasteiger partial charge on any atom is 0.416 e. The molecule has 2 aliphatic heterocycles. The third-order valence-corrected chi connectivity index (χ3v) is 5.82. The van der Waals surface area contributed by atoms with Gasteiger partial charge in [-0.25, -0.2) is 14.2 Å². The standard InChI is InChI=1S/C25H20F4N4O2/c26-17-6-8-18(9-7-17)30-24(34)33-13-11-32(12-14-33)23-19-3-1-2-4-21(19)35-22-15-16(25(27,28)29)5-10-20(22)31-23/h1-10,15H,11-14H2,(H,30,34). The molecule has 0 unspecified atom stereocenters. The number of rotatable bonds is 1. The van der Waals surface area contributed by atoms with Crippen molar-refractivity contribution in [1.29, 1.82) is 0 Å². The minimum absolute atomic E-state index is 0.0274. The number of amides is 2. The van der Waals surface area contributed by atoms with Crippen molar-refractivity contribution in [1.82, 2.24) is 9.80 Å². The molecule has 5 rings (SSSR count). The fourth-order valence-corrected chi connectivity index (χ4v) is 4.00. The van der Waals surface area contributed by atoms with Gasteiger partial charge in [0.2, 0.25) is 0 Å². The Hall–Kier alpha value is -4.08. The topological polar surface area (TPSA) is 57.2 Å². The summed E-state index contributed by atoms with van der Waals surface area (Å²) in [5.41, 5.74) is 0.628. The zero-order valence-electron chi connectivity index (χ0n) is 18.3. The predicted molar refractivity (Wildman–Crippen MR) is 123 cm³/mol. The molecule has 0 spiro atoms. The number of piperazine rings is 1. The maximum atomic E-state index is 13.2. The van der Waals surface area contributed by atoms with Gasteiger partial charge in [-0.3, -0.25) is 0 Å². The number of urea groups is 1. The Morgan fingerprint density at radius 2 is 1.63 bits per heavy atom. The van der Waals surface area contributed by atoms with Crippen LogP contribution in [0.15, 0.2) is 71.7 Å². The highest BCUT2D eigenvalue weighted by Crippen LogP contribution is 2.41. The minimum Gasteiger partial charge on any atom is -0.454 e. The SMILES string of the molecule is O=C(Nc1ccc(F)cc1)N1CCN(C2=Nc3ccc(C(F)(F)F)cc3Oc3ccccc32)CC1. The number of ether oxygens (including phenoxy) is 1. The molecule has 35 heavy (non-hydrogen) atoms. The van der Waals surface area contributed by atoms with E-state index < -0.39 is 11.7 Å². The van der Waals surface area contributed by atoms with Crippen molar-refractivity contribution in [2.75, 3.05) is 31.5 Å². The molecular formula is C25H20F4N4O2. The van der Waals surface area contributed by atoms with E-state index in [0.29, 0.717) is 54.7 Å². The molecule has 1 N–H and O–H groups in total. The zero-order chi connectivity index (χ0) is 24.6. The number of benzene rings is 3. The Balaban J connectivity index is 1.37. The largest absolute Gasteiger partial charge is 0.454 e. The smallest absolute Gasteiger partial charge is 0.416 e. The zero-order valence-corrected chi connectivity index (χ0v) is 18.3. The summed E-state index contributed by atoms with van der Waals surface area (Å²) in [5.74, 6) is 0.611. The van der Waals surface area contributed by atoms with E-state index in [-0.39, 0.29) is 17.6 Å². The molecule has 2 heterocycles. The number of nitrogens with one attached hydrogen (secondary N) is 1. The molecule has 0 saturated carbocycles. The lowest BCUT2D eigenvalue weighted by molar-refractivity contribution is -0.137. The van der Waals surface area contributed by atoms with Crippen molar-refractivity contribution >= 4 is 23.2 Å². The summed E-state index contributed by atoms with van der Waals surface area (Å²) in [6.45, 7) is 1.71. The maximum absolute atomic E-state index is 13.2. The third-order valence-electron chi connectivity index (χ3n) is 5.82. The Morgan fingerprint density at radius 3 is 2.34 bits per heavy atom. The number of para-hydroxylation sites is 1. The van der Waals surface area contributed by atoms with Gasteiger partial charge in [-0.05, 0) is 54.6 Å². The average Bonchev–Trinajstić information content (AvgIpc) is 3.01. The van der Waals surface area contributed by atoms with Crippen molar-refractivity contribution in [2.45, 2.75) is 6.18 Å². The van der Waals surface area contributed by atoms with Crippen LogP contribution >= 0.6 is 0 Å². The second kappa shape index (κ2) is 8.94. The molecular weight excluding hydrogens is 464 g/mol. The van der Waals surface area contributed by atoms with E-state index in [1.54, 1.807) is 29.2 Å². The van der Waals surface area contributed by atoms with Crippen LogP contribution in [0.2, 0.25) is 0 Å². The van der Waals surface area contributed by atoms with Gasteiger partial charge in [0.1, 0.15) is 23.1 Å². The first-order valence-electron chi connectivity index (χ1n) is 10.9. The first-order chi connectivity index (χ1) is 16.8. The van der Waals surface area contributed by atoms with Crippen LogP contribution in [-0.4, -0.2) is 47.8 Å². The summed E-state index contributed by atoms with van der Waals surface area (Å²) in [4.78, 5) is 20.9. The summed E-state index contributed by atoms with van der Waals surface area (Å²) in [7, 11) is 0. The summed E-state index contributed by atoms with van der Waals surface area (Å²) >= 11 is 0. The molecule has 0 aliphatic carbocycles. The number of anilines is 1. The van der Waals surface area contributed by atoms with Crippen LogP contribution in [0.5, 0.6) is 11.5 Å². The second-order valence-electron chi connectivity index (χ2n) is 8.13. The monoisotopic (exact) mass is 484 g/mol. The van der Waals surface area contributed by atoms with Crippen molar-refractivity contribution < 1.29 is 27.1 Å².